The molecule has 170 valence electrons. The number of aromatic nitrogens is 2. The average Bonchev–Trinajstić information content (AvgIpc) is 3.08. The Kier molecular flexibility index (Phi) is 6.50. The Hall–Kier alpha value is -2.87. The number of ether oxygens (including phenoxy) is 1. The zero-order valence-corrected chi connectivity index (χ0v) is 20.3. The summed E-state index contributed by atoms with van der Waals surface area (Å²) in [5, 5.41) is 4.15. The van der Waals surface area contributed by atoms with E-state index in [1.54, 1.807) is 11.3 Å². The molecule has 0 spiro atoms. The first kappa shape index (κ1) is 22.3. The molecule has 1 aliphatic rings. The molecule has 2 amide bonds. The molecule has 1 aromatic carbocycles. The summed E-state index contributed by atoms with van der Waals surface area (Å²) in [6.45, 7) is 13.9. The van der Waals surface area contributed by atoms with Gasteiger partial charge in [0, 0.05) is 42.7 Å². The lowest BCUT2D eigenvalue weighted by atomic mass is 10.1. The van der Waals surface area contributed by atoms with Gasteiger partial charge in [-0.05, 0) is 50.6 Å². The number of carbonyl (C=O) groups excluding carboxylic acids is 1. The standard InChI is InChI=1S/C24H31N5O2S/c1-6-31-19-9-7-18(8-10-19)25-24(30)29-13-11-28(12-14-29)22-20-16(4)17(5)32-23(20)27-21(26-22)15(2)3/h7-10,15H,6,11-14H2,1-5H3,(H,25,30). The van der Waals surface area contributed by atoms with Crippen molar-refractivity contribution >= 4 is 39.1 Å². The van der Waals surface area contributed by atoms with Crippen LogP contribution in [0.15, 0.2) is 24.3 Å². The van der Waals surface area contributed by atoms with Crippen LogP contribution in [0.1, 0.15) is 43.0 Å². The van der Waals surface area contributed by atoms with Crippen molar-refractivity contribution in [2.75, 3.05) is 43.0 Å². The molecule has 1 N–H and O–H groups in total. The molecule has 0 bridgehead atoms. The molecule has 0 radical (unpaired) electrons. The molecule has 8 heteroatoms. The number of hydrogen-bond donors (Lipinski definition) is 1. The summed E-state index contributed by atoms with van der Waals surface area (Å²) in [6.07, 6.45) is 0. The first-order valence-electron chi connectivity index (χ1n) is 11.2. The normalized spacial score (nSPS) is 14.3. The minimum Gasteiger partial charge on any atom is -0.494 e. The highest BCUT2D eigenvalue weighted by Crippen LogP contribution is 2.36. The fraction of sp³-hybridized carbons (Fsp3) is 0.458. The van der Waals surface area contributed by atoms with Crippen LogP contribution < -0.4 is 15.0 Å². The van der Waals surface area contributed by atoms with Crippen LogP contribution in [0.2, 0.25) is 0 Å². The van der Waals surface area contributed by atoms with Crippen LogP contribution >= 0.6 is 11.3 Å². The molecule has 1 aliphatic heterocycles. The molecular formula is C24H31N5O2S. The molecule has 4 rings (SSSR count). The molecule has 2 aromatic heterocycles. The second kappa shape index (κ2) is 9.32. The van der Waals surface area contributed by atoms with Gasteiger partial charge in [0.1, 0.15) is 22.2 Å². The Morgan fingerprint density at radius 2 is 1.81 bits per heavy atom. The quantitative estimate of drug-likeness (QED) is 0.576. The molecule has 1 saturated heterocycles. The number of fused-ring (bicyclic) bond motifs is 1. The molecule has 7 nitrogen and oxygen atoms in total. The van der Waals surface area contributed by atoms with Crippen LogP contribution in [0.25, 0.3) is 10.2 Å². The van der Waals surface area contributed by atoms with Gasteiger partial charge >= 0.3 is 6.03 Å². The summed E-state index contributed by atoms with van der Waals surface area (Å²) < 4.78 is 5.46. The van der Waals surface area contributed by atoms with Gasteiger partial charge in [-0.2, -0.15) is 0 Å². The van der Waals surface area contributed by atoms with E-state index in [4.69, 9.17) is 14.7 Å². The highest BCUT2D eigenvalue weighted by molar-refractivity contribution is 7.18. The van der Waals surface area contributed by atoms with E-state index in [0.717, 1.165) is 46.4 Å². The number of benzene rings is 1. The highest BCUT2D eigenvalue weighted by Gasteiger charge is 2.26. The van der Waals surface area contributed by atoms with E-state index in [-0.39, 0.29) is 11.9 Å². The van der Waals surface area contributed by atoms with Gasteiger partial charge in [-0.3, -0.25) is 0 Å². The van der Waals surface area contributed by atoms with Crippen molar-refractivity contribution in [3.8, 4) is 5.75 Å². The number of amides is 2. The largest absolute Gasteiger partial charge is 0.494 e. The summed E-state index contributed by atoms with van der Waals surface area (Å²) in [5.41, 5.74) is 2.02. The van der Waals surface area contributed by atoms with Crippen LogP contribution in [0.5, 0.6) is 5.75 Å². The predicted molar refractivity (Wildman–Crippen MR) is 131 cm³/mol. The van der Waals surface area contributed by atoms with Gasteiger partial charge in [0.15, 0.2) is 0 Å². The van der Waals surface area contributed by atoms with Crippen molar-refractivity contribution in [2.24, 2.45) is 0 Å². The molecule has 1 fully saturated rings. The van der Waals surface area contributed by atoms with Gasteiger partial charge in [-0.25, -0.2) is 14.8 Å². The Morgan fingerprint density at radius 3 is 2.44 bits per heavy atom. The third-order valence-electron chi connectivity index (χ3n) is 5.83. The Morgan fingerprint density at radius 1 is 1.12 bits per heavy atom. The van der Waals surface area contributed by atoms with Crippen molar-refractivity contribution in [1.82, 2.24) is 14.9 Å². The Bertz CT molecular complexity index is 1100. The van der Waals surface area contributed by atoms with Crippen molar-refractivity contribution < 1.29 is 9.53 Å². The van der Waals surface area contributed by atoms with Gasteiger partial charge in [0.05, 0.1) is 12.0 Å². The fourth-order valence-electron chi connectivity index (χ4n) is 3.86. The SMILES string of the molecule is CCOc1ccc(NC(=O)N2CCN(c3nc(C(C)C)nc4sc(C)c(C)c34)CC2)cc1. The Balaban J connectivity index is 1.46. The lowest BCUT2D eigenvalue weighted by Gasteiger charge is -2.36. The minimum atomic E-state index is -0.0768. The third kappa shape index (κ3) is 4.50. The van der Waals surface area contributed by atoms with Gasteiger partial charge in [-0.1, -0.05) is 13.8 Å². The zero-order chi connectivity index (χ0) is 22.8. The smallest absolute Gasteiger partial charge is 0.321 e. The third-order valence-corrected chi connectivity index (χ3v) is 6.93. The number of nitrogens with zero attached hydrogens (tertiary/aromatic N) is 4. The monoisotopic (exact) mass is 453 g/mol. The van der Waals surface area contributed by atoms with E-state index in [9.17, 15) is 4.79 Å². The first-order chi connectivity index (χ1) is 15.4. The van der Waals surface area contributed by atoms with Crippen LogP contribution in [-0.4, -0.2) is 53.7 Å². The van der Waals surface area contributed by atoms with Gasteiger partial charge in [-0.15, -0.1) is 11.3 Å². The Labute approximate surface area is 193 Å². The van der Waals surface area contributed by atoms with E-state index >= 15 is 0 Å². The number of anilines is 2. The van der Waals surface area contributed by atoms with E-state index in [2.05, 4.69) is 37.9 Å². The molecule has 0 aliphatic carbocycles. The van der Waals surface area contributed by atoms with Gasteiger partial charge < -0.3 is 19.9 Å². The van der Waals surface area contributed by atoms with E-state index < -0.39 is 0 Å². The molecule has 0 unspecified atom stereocenters. The molecule has 0 atom stereocenters. The number of nitrogens with one attached hydrogen (secondary N) is 1. The van der Waals surface area contributed by atoms with Crippen molar-refractivity contribution in [3.63, 3.8) is 0 Å². The summed E-state index contributed by atoms with van der Waals surface area (Å²) in [5.74, 6) is 2.95. The second-order valence-electron chi connectivity index (χ2n) is 8.39. The number of carbonyl (C=O) groups is 1. The second-order valence-corrected chi connectivity index (χ2v) is 9.59. The van der Waals surface area contributed by atoms with Crippen LogP contribution in [-0.2, 0) is 0 Å². The maximum Gasteiger partial charge on any atom is 0.321 e. The number of aryl methyl sites for hydroxylation is 2. The molecule has 32 heavy (non-hydrogen) atoms. The number of thiophene rings is 1. The summed E-state index contributed by atoms with van der Waals surface area (Å²) >= 11 is 1.74. The van der Waals surface area contributed by atoms with Crippen LogP contribution in [0, 0.1) is 13.8 Å². The average molecular weight is 454 g/mol. The van der Waals surface area contributed by atoms with Crippen molar-refractivity contribution in [2.45, 2.75) is 40.5 Å². The lowest BCUT2D eigenvalue weighted by molar-refractivity contribution is 0.208. The lowest BCUT2D eigenvalue weighted by Crippen LogP contribution is -2.50. The van der Waals surface area contributed by atoms with E-state index in [1.807, 2.05) is 36.1 Å². The maximum atomic E-state index is 12.8. The summed E-state index contributed by atoms with van der Waals surface area (Å²) in [4.78, 5) is 29.0. The zero-order valence-electron chi connectivity index (χ0n) is 19.4. The van der Waals surface area contributed by atoms with E-state index in [1.165, 1.54) is 10.4 Å². The minimum absolute atomic E-state index is 0.0768. The van der Waals surface area contributed by atoms with Gasteiger partial charge in [0.25, 0.3) is 0 Å². The molecule has 3 aromatic rings. The molecular weight excluding hydrogens is 422 g/mol. The van der Waals surface area contributed by atoms with Crippen molar-refractivity contribution in [1.29, 1.82) is 0 Å². The molecule has 3 heterocycles. The van der Waals surface area contributed by atoms with E-state index in [0.29, 0.717) is 19.7 Å². The fourth-order valence-corrected chi connectivity index (χ4v) is 4.89. The summed E-state index contributed by atoms with van der Waals surface area (Å²) in [7, 11) is 0. The first-order valence-corrected chi connectivity index (χ1v) is 12.0. The number of urea groups is 1. The topological polar surface area (TPSA) is 70.6 Å². The van der Waals surface area contributed by atoms with Crippen LogP contribution in [0.3, 0.4) is 0 Å². The summed E-state index contributed by atoms with van der Waals surface area (Å²) in [6, 6.07) is 7.40. The van der Waals surface area contributed by atoms with Crippen LogP contribution in [0.4, 0.5) is 16.3 Å². The number of hydrogen-bond acceptors (Lipinski definition) is 6. The van der Waals surface area contributed by atoms with Gasteiger partial charge in [0.2, 0.25) is 0 Å². The van der Waals surface area contributed by atoms with Crippen molar-refractivity contribution in [3.05, 3.63) is 40.5 Å². The predicted octanol–water partition coefficient (Wildman–Crippen LogP) is 5.18. The molecule has 0 saturated carbocycles. The number of piperazine rings is 1. The number of rotatable bonds is 5. The highest BCUT2D eigenvalue weighted by atomic mass is 32.1. The maximum absolute atomic E-state index is 12.8.